The predicted molar refractivity (Wildman–Crippen MR) is 119 cm³/mol. The Kier molecular flexibility index (Phi) is 9.57. The van der Waals surface area contributed by atoms with Crippen molar-refractivity contribution in [1.82, 2.24) is 5.32 Å². The minimum Gasteiger partial charge on any atom is -0.427 e. The molecule has 0 aliphatic rings. The van der Waals surface area contributed by atoms with Crippen LogP contribution in [0.1, 0.15) is 46.5 Å². The predicted octanol–water partition coefficient (Wildman–Crippen LogP) is 5.88. The molecular formula is C23H30N2O3S. The van der Waals surface area contributed by atoms with Gasteiger partial charge in [-0.05, 0) is 55.3 Å². The lowest BCUT2D eigenvalue weighted by molar-refractivity contribution is -0.131. The molecule has 0 spiro atoms. The molecule has 0 unspecified atom stereocenters. The number of nitrogens with zero attached hydrogens (tertiary/aromatic N) is 1. The summed E-state index contributed by atoms with van der Waals surface area (Å²) in [5.74, 6) is 0.203. The van der Waals surface area contributed by atoms with Gasteiger partial charge < -0.3 is 10.1 Å². The van der Waals surface area contributed by atoms with E-state index in [2.05, 4.69) is 19.2 Å². The maximum absolute atomic E-state index is 12.6. The Labute approximate surface area is 177 Å². The van der Waals surface area contributed by atoms with Gasteiger partial charge in [0, 0.05) is 35.5 Å². The number of esters is 1. The summed E-state index contributed by atoms with van der Waals surface area (Å²) in [7, 11) is 0. The number of hydrogen-bond acceptors (Lipinski definition) is 4. The lowest BCUT2D eigenvalue weighted by atomic mass is 10.2. The average molecular weight is 415 g/mol. The van der Waals surface area contributed by atoms with Crippen LogP contribution in [0.5, 0.6) is 5.75 Å². The van der Waals surface area contributed by atoms with Crippen molar-refractivity contribution in [3.8, 4) is 5.75 Å². The average Bonchev–Trinajstić information content (AvgIpc) is 2.69. The molecule has 156 valence electrons. The molecule has 0 aliphatic carbocycles. The molecule has 29 heavy (non-hydrogen) atoms. The molecule has 2 aromatic rings. The summed E-state index contributed by atoms with van der Waals surface area (Å²) in [5.41, 5.74) is 0.894. The highest BCUT2D eigenvalue weighted by Crippen LogP contribution is 2.31. The van der Waals surface area contributed by atoms with Crippen LogP contribution in [-0.2, 0) is 4.79 Å². The second-order valence-corrected chi connectivity index (χ2v) is 7.90. The molecule has 5 nitrogen and oxygen atoms in total. The highest BCUT2D eigenvalue weighted by atomic mass is 32.2. The highest BCUT2D eigenvalue weighted by Gasteiger charge is 2.14. The van der Waals surface area contributed by atoms with Gasteiger partial charge in [0.2, 0.25) is 0 Å². The minimum absolute atomic E-state index is 0.0404. The van der Waals surface area contributed by atoms with Gasteiger partial charge in [0.1, 0.15) is 5.75 Å². The first-order valence-corrected chi connectivity index (χ1v) is 11.0. The van der Waals surface area contributed by atoms with Crippen molar-refractivity contribution >= 4 is 29.4 Å². The molecule has 2 aromatic carbocycles. The van der Waals surface area contributed by atoms with Crippen LogP contribution < -0.4 is 15.0 Å². The van der Waals surface area contributed by atoms with Gasteiger partial charge in [0.05, 0.1) is 0 Å². The fourth-order valence-corrected chi connectivity index (χ4v) is 3.60. The molecule has 0 saturated carbocycles. The van der Waals surface area contributed by atoms with Crippen LogP contribution in [0.4, 0.5) is 10.5 Å². The second-order valence-electron chi connectivity index (χ2n) is 6.76. The Morgan fingerprint density at radius 3 is 2.38 bits per heavy atom. The Bertz CT molecular complexity index is 793. The second kappa shape index (κ2) is 12.2. The number of hydrogen-bond donors (Lipinski definition) is 1. The van der Waals surface area contributed by atoms with Crippen molar-refractivity contribution in [3.63, 3.8) is 0 Å². The zero-order valence-electron chi connectivity index (χ0n) is 17.4. The first-order valence-electron chi connectivity index (χ1n) is 10.1. The van der Waals surface area contributed by atoms with Crippen molar-refractivity contribution in [2.45, 2.75) is 56.2 Å². The maximum atomic E-state index is 12.6. The van der Waals surface area contributed by atoms with Crippen molar-refractivity contribution in [2.75, 3.05) is 18.0 Å². The van der Waals surface area contributed by atoms with Crippen LogP contribution >= 0.6 is 11.8 Å². The van der Waals surface area contributed by atoms with Gasteiger partial charge in [0.25, 0.3) is 0 Å². The van der Waals surface area contributed by atoms with E-state index >= 15 is 0 Å². The molecule has 0 bridgehead atoms. The van der Waals surface area contributed by atoms with Gasteiger partial charge in [0.15, 0.2) is 0 Å². The number of unbranched alkanes of at least 4 members (excludes halogenated alkanes) is 2. The number of nitrogens with one attached hydrogen (secondary N) is 1. The summed E-state index contributed by atoms with van der Waals surface area (Å²) >= 11 is 1.58. The molecule has 0 atom stereocenters. The van der Waals surface area contributed by atoms with Crippen molar-refractivity contribution in [3.05, 3.63) is 48.5 Å². The van der Waals surface area contributed by atoms with E-state index in [9.17, 15) is 9.59 Å². The van der Waals surface area contributed by atoms with Crippen LogP contribution in [-0.4, -0.2) is 25.1 Å². The number of ether oxygens (including phenoxy) is 1. The quantitative estimate of drug-likeness (QED) is 0.300. The first-order chi connectivity index (χ1) is 14.0. The van der Waals surface area contributed by atoms with Crippen LogP contribution in [0.15, 0.2) is 58.3 Å². The molecular weight excluding hydrogens is 384 g/mol. The monoisotopic (exact) mass is 414 g/mol. The summed E-state index contributed by atoms with van der Waals surface area (Å²) < 4.78 is 5.14. The van der Waals surface area contributed by atoms with Crippen LogP contribution in [0, 0.1) is 0 Å². The summed E-state index contributed by atoms with van der Waals surface area (Å²) in [6.07, 6.45) is 4.03. The zero-order valence-corrected chi connectivity index (χ0v) is 18.3. The molecule has 0 aliphatic heterocycles. The number of carbonyl (C=O) groups excluding carboxylic acids is 2. The number of urea groups is 1. The smallest absolute Gasteiger partial charge is 0.321 e. The third-order valence-corrected chi connectivity index (χ3v) is 5.24. The van der Waals surface area contributed by atoms with Crippen LogP contribution in [0.2, 0.25) is 0 Å². The number of rotatable bonds is 10. The molecule has 0 saturated heterocycles. The molecule has 2 amide bonds. The van der Waals surface area contributed by atoms with E-state index in [0.717, 1.165) is 41.2 Å². The van der Waals surface area contributed by atoms with Gasteiger partial charge in [-0.2, -0.15) is 0 Å². The van der Waals surface area contributed by atoms with E-state index in [1.807, 2.05) is 47.4 Å². The zero-order chi connectivity index (χ0) is 21.1. The van der Waals surface area contributed by atoms with E-state index in [1.165, 1.54) is 6.92 Å². The van der Waals surface area contributed by atoms with Gasteiger partial charge in [-0.3, -0.25) is 9.69 Å². The Balaban J connectivity index is 2.07. The molecule has 2 rings (SSSR count). The fraction of sp³-hybridized carbons (Fsp3) is 0.391. The van der Waals surface area contributed by atoms with Gasteiger partial charge >= 0.3 is 12.0 Å². The molecule has 0 heterocycles. The molecule has 1 N–H and O–H groups in total. The molecule has 6 heteroatoms. The van der Waals surface area contributed by atoms with E-state index in [-0.39, 0.29) is 12.0 Å². The first kappa shape index (κ1) is 22.8. The maximum Gasteiger partial charge on any atom is 0.321 e. The van der Waals surface area contributed by atoms with E-state index in [1.54, 1.807) is 17.8 Å². The largest absolute Gasteiger partial charge is 0.427 e. The highest BCUT2D eigenvalue weighted by molar-refractivity contribution is 7.99. The van der Waals surface area contributed by atoms with Gasteiger partial charge in [-0.25, -0.2) is 4.79 Å². The standard InChI is InChI=1S/C23H30N2O3S/c1-4-6-15-24-23(27)25(16-7-5-2)19-11-13-21(14-12-19)29-22-10-8-9-20(17-22)28-18(3)26/h8-14,17H,4-7,15-16H2,1-3H3,(H,24,27). The number of carbonyl (C=O) groups is 2. The van der Waals surface area contributed by atoms with Crippen molar-refractivity contribution in [2.24, 2.45) is 0 Å². The summed E-state index contributed by atoms with van der Waals surface area (Å²) in [6, 6.07) is 15.4. The minimum atomic E-state index is -0.333. The Hall–Kier alpha value is -2.47. The number of anilines is 1. The SMILES string of the molecule is CCCCNC(=O)N(CCCC)c1ccc(Sc2cccc(OC(C)=O)c2)cc1. The summed E-state index contributed by atoms with van der Waals surface area (Å²) in [5, 5.41) is 3.01. The van der Waals surface area contributed by atoms with Crippen molar-refractivity contribution in [1.29, 1.82) is 0 Å². The third-order valence-electron chi connectivity index (χ3n) is 4.24. The fourth-order valence-electron chi connectivity index (χ4n) is 2.73. The van der Waals surface area contributed by atoms with Gasteiger partial charge in [-0.1, -0.05) is 44.5 Å². The van der Waals surface area contributed by atoms with Crippen LogP contribution in [0.3, 0.4) is 0 Å². The Morgan fingerprint density at radius 1 is 1.00 bits per heavy atom. The van der Waals surface area contributed by atoms with Gasteiger partial charge in [-0.15, -0.1) is 0 Å². The lowest BCUT2D eigenvalue weighted by Gasteiger charge is -2.23. The molecule has 0 fully saturated rings. The lowest BCUT2D eigenvalue weighted by Crippen LogP contribution is -2.41. The van der Waals surface area contributed by atoms with E-state index in [4.69, 9.17) is 4.74 Å². The van der Waals surface area contributed by atoms with E-state index < -0.39 is 0 Å². The summed E-state index contributed by atoms with van der Waals surface area (Å²) in [4.78, 5) is 27.6. The van der Waals surface area contributed by atoms with Crippen LogP contribution in [0.25, 0.3) is 0 Å². The molecule has 0 radical (unpaired) electrons. The third kappa shape index (κ3) is 7.81. The number of benzene rings is 2. The normalized spacial score (nSPS) is 10.4. The topological polar surface area (TPSA) is 58.6 Å². The summed E-state index contributed by atoms with van der Waals surface area (Å²) in [6.45, 7) is 7.02. The Morgan fingerprint density at radius 2 is 1.72 bits per heavy atom. The van der Waals surface area contributed by atoms with Crippen molar-refractivity contribution < 1.29 is 14.3 Å². The van der Waals surface area contributed by atoms with E-state index in [0.29, 0.717) is 18.8 Å². The number of amides is 2. The molecule has 0 aromatic heterocycles.